The third-order valence-electron chi connectivity index (χ3n) is 7.81. The van der Waals surface area contributed by atoms with Crippen LogP contribution in [-0.2, 0) is 0 Å². The maximum Gasteiger partial charge on any atom is 0.144 e. The van der Waals surface area contributed by atoms with Gasteiger partial charge in [0.1, 0.15) is 11.2 Å². The van der Waals surface area contributed by atoms with E-state index in [0.717, 1.165) is 22.4 Å². The van der Waals surface area contributed by atoms with Crippen molar-refractivity contribution < 1.29 is 4.42 Å². The van der Waals surface area contributed by atoms with Crippen molar-refractivity contribution in [2.45, 2.75) is 71.1 Å². The Balaban J connectivity index is 1.66. The molecule has 1 aliphatic carbocycles. The Hall–Kier alpha value is -3.13. The molecule has 2 nitrogen and oxygen atoms in total. The molecule has 2 heterocycles. The highest BCUT2D eigenvalue weighted by Crippen LogP contribution is 2.42. The first-order valence-corrected chi connectivity index (χ1v) is 12.9. The van der Waals surface area contributed by atoms with Crippen molar-refractivity contribution in [2.24, 2.45) is 0 Å². The van der Waals surface area contributed by atoms with Crippen molar-refractivity contribution in [3.05, 3.63) is 77.5 Å². The molecule has 1 saturated carbocycles. The fourth-order valence-corrected chi connectivity index (χ4v) is 5.83. The summed E-state index contributed by atoms with van der Waals surface area (Å²) in [6.45, 7) is 9.06. The largest absolute Gasteiger partial charge is 0.455 e. The fourth-order valence-electron chi connectivity index (χ4n) is 5.83. The lowest BCUT2D eigenvalue weighted by Crippen LogP contribution is -1.99. The summed E-state index contributed by atoms with van der Waals surface area (Å²) < 4.78 is 6.46. The molecule has 0 amide bonds. The lowest BCUT2D eigenvalue weighted by molar-refractivity contribution is 0.669. The monoisotopic (exact) mass is 447 g/mol. The SMILES string of the molecule is CC(C)c1cc(-c2ncc(C(C)C)c3cc(C4CCCC4)ccc23)c2oc3ccccc3c2c1. The number of hydrogen-bond donors (Lipinski definition) is 0. The first kappa shape index (κ1) is 21.4. The van der Waals surface area contributed by atoms with Crippen LogP contribution in [0.15, 0.2) is 65.2 Å². The first-order valence-electron chi connectivity index (χ1n) is 12.9. The van der Waals surface area contributed by atoms with Crippen LogP contribution in [0.3, 0.4) is 0 Å². The summed E-state index contributed by atoms with van der Waals surface area (Å²) in [5, 5.41) is 4.94. The van der Waals surface area contributed by atoms with Crippen LogP contribution in [0.5, 0.6) is 0 Å². The molecule has 0 aliphatic heterocycles. The van der Waals surface area contributed by atoms with E-state index in [-0.39, 0.29) is 0 Å². The summed E-state index contributed by atoms with van der Waals surface area (Å²) in [6, 6.07) is 20.1. The van der Waals surface area contributed by atoms with Gasteiger partial charge in [-0.2, -0.15) is 0 Å². The zero-order chi connectivity index (χ0) is 23.4. The van der Waals surface area contributed by atoms with E-state index in [1.807, 2.05) is 6.07 Å². The Bertz CT molecular complexity index is 1520. The summed E-state index contributed by atoms with van der Waals surface area (Å²) in [6.07, 6.45) is 7.45. The van der Waals surface area contributed by atoms with Crippen molar-refractivity contribution in [2.75, 3.05) is 0 Å². The number of benzene rings is 3. The molecular formula is C32H33NO. The molecule has 1 fully saturated rings. The van der Waals surface area contributed by atoms with Gasteiger partial charge in [-0.05, 0) is 70.9 Å². The lowest BCUT2D eigenvalue weighted by atomic mass is 9.89. The Labute approximate surface area is 202 Å². The van der Waals surface area contributed by atoms with Crippen LogP contribution in [-0.4, -0.2) is 4.98 Å². The average molecular weight is 448 g/mol. The summed E-state index contributed by atoms with van der Waals surface area (Å²) >= 11 is 0. The minimum absolute atomic E-state index is 0.423. The van der Waals surface area contributed by atoms with Crippen molar-refractivity contribution >= 4 is 32.7 Å². The summed E-state index contributed by atoms with van der Waals surface area (Å²) in [7, 11) is 0. The summed E-state index contributed by atoms with van der Waals surface area (Å²) in [5.41, 5.74) is 8.16. The number of hydrogen-bond acceptors (Lipinski definition) is 2. The number of rotatable bonds is 4. The second-order valence-electron chi connectivity index (χ2n) is 10.7. The Morgan fingerprint density at radius 1 is 0.794 bits per heavy atom. The van der Waals surface area contributed by atoms with Crippen LogP contribution >= 0.6 is 0 Å². The molecule has 2 aromatic heterocycles. The molecule has 0 N–H and O–H groups in total. The van der Waals surface area contributed by atoms with Crippen molar-refractivity contribution in [1.82, 2.24) is 4.98 Å². The average Bonchev–Trinajstić information content (AvgIpc) is 3.50. The van der Waals surface area contributed by atoms with Gasteiger partial charge in [-0.25, -0.2) is 0 Å². The zero-order valence-corrected chi connectivity index (χ0v) is 20.7. The second-order valence-corrected chi connectivity index (χ2v) is 10.7. The van der Waals surface area contributed by atoms with Gasteiger partial charge in [-0.1, -0.05) is 76.9 Å². The molecule has 2 heteroatoms. The first-order chi connectivity index (χ1) is 16.5. The lowest BCUT2D eigenvalue weighted by Gasteiger charge is -2.17. The minimum atomic E-state index is 0.423. The number of furan rings is 1. The second kappa shape index (κ2) is 8.27. The van der Waals surface area contributed by atoms with E-state index in [1.54, 1.807) is 0 Å². The molecule has 0 spiro atoms. The van der Waals surface area contributed by atoms with Gasteiger partial charge in [0.25, 0.3) is 0 Å². The van der Waals surface area contributed by atoms with Crippen molar-refractivity contribution in [3.8, 4) is 11.3 Å². The summed E-state index contributed by atoms with van der Waals surface area (Å²) in [4.78, 5) is 5.09. The fraction of sp³-hybridized carbons (Fsp3) is 0.344. The maximum absolute atomic E-state index is 6.46. The van der Waals surface area contributed by atoms with E-state index < -0.39 is 0 Å². The van der Waals surface area contributed by atoms with Gasteiger partial charge >= 0.3 is 0 Å². The standard InChI is InChI=1S/C32H33NO/c1-19(2)23-16-27-24-11-7-8-12-30(24)34-32(27)28(17-23)31-25-14-13-22(21-9-5-6-10-21)15-26(25)29(18-33-31)20(3)4/h7-8,11-21H,5-6,9-10H2,1-4H3. The Morgan fingerprint density at radius 3 is 2.35 bits per heavy atom. The Morgan fingerprint density at radius 2 is 1.59 bits per heavy atom. The normalized spacial score (nSPS) is 15.0. The highest BCUT2D eigenvalue weighted by Gasteiger charge is 2.22. The predicted molar refractivity (Wildman–Crippen MR) is 144 cm³/mol. The molecular weight excluding hydrogens is 414 g/mol. The van der Waals surface area contributed by atoms with Gasteiger partial charge in [0.05, 0.1) is 5.69 Å². The minimum Gasteiger partial charge on any atom is -0.455 e. The van der Waals surface area contributed by atoms with Crippen LogP contribution in [0, 0.1) is 0 Å². The number of fused-ring (bicyclic) bond motifs is 4. The molecule has 6 rings (SSSR count). The van der Waals surface area contributed by atoms with Crippen molar-refractivity contribution in [1.29, 1.82) is 0 Å². The van der Waals surface area contributed by atoms with Crippen LogP contribution in [0.25, 0.3) is 44.0 Å². The van der Waals surface area contributed by atoms with E-state index in [1.165, 1.54) is 63.9 Å². The van der Waals surface area contributed by atoms with E-state index in [0.29, 0.717) is 17.8 Å². The van der Waals surface area contributed by atoms with Gasteiger partial charge in [0.15, 0.2) is 0 Å². The van der Waals surface area contributed by atoms with Gasteiger partial charge in [-0.3, -0.25) is 4.98 Å². The number of nitrogens with zero attached hydrogens (tertiary/aromatic N) is 1. The highest BCUT2D eigenvalue weighted by molar-refractivity contribution is 6.12. The topological polar surface area (TPSA) is 26.0 Å². The van der Waals surface area contributed by atoms with Crippen molar-refractivity contribution in [3.63, 3.8) is 0 Å². The maximum atomic E-state index is 6.46. The van der Waals surface area contributed by atoms with E-state index in [4.69, 9.17) is 9.40 Å². The molecule has 0 radical (unpaired) electrons. The van der Waals surface area contributed by atoms with Gasteiger partial charge in [-0.15, -0.1) is 0 Å². The molecule has 5 aromatic rings. The van der Waals surface area contributed by atoms with Crippen LogP contribution < -0.4 is 0 Å². The van der Waals surface area contributed by atoms with Gasteiger partial charge < -0.3 is 4.42 Å². The summed E-state index contributed by atoms with van der Waals surface area (Å²) in [5.74, 6) is 1.55. The molecule has 0 atom stereocenters. The number of aromatic nitrogens is 1. The molecule has 0 saturated heterocycles. The van der Waals surface area contributed by atoms with Gasteiger partial charge in [0, 0.05) is 27.9 Å². The third-order valence-corrected chi connectivity index (χ3v) is 7.81. The quantitative estimate of drug-likeness (QED) is 0.274. The molecule has 0 unspecified atom stereocenters. The molecule has 1 aliphatic rings. The Kier molecular flexibility index (Phi) is 5.21. The smallest absolute Gasteiger partial charge is 0.144 e. The molecule has 3 aromatic carbocycles. The van der Waals surface area contributed by atoms with Crippen LogP contribution in [0.2, 0.25) is 0 Å². The van der Waals surface area contributed by atoms with E-state index >= 15 is 0 Å². The van der Waals surface area contributed by atoms with Crippen LogP contribution in [0.4, 0.5) is 0 Å². The van der Waals surface area contributed by atoms with E-state index in [9.17, 15) is 0 Å². The van der Waals surface area contributed by atoms with E-state index in [2.05, 4.69) is 82.4 Å². The molecule has 0 bridgehead atoms. The molecule has 172 valence electrons. The predicted octanol–water partition coefficient (Wildman–Crippen LogP) is 9.71. The zero-order valence-electron chi connectivity index (χ0n) is 20.7. The molecule has 34 heavy (non-hydrogen) atoms. The highest BCUT2D eigenvalue weighted by atomic mass is 16.3. The number of para-hydroxylation sites is 1. The third kappa shape index (κ3) is 3.43. The van der Waals surface area contributed by atoms with Crippen LogP contribution in [0.1, 0.15) is 87.8 Å². The number of pyridine rings is 1. The van der Waals surface area contributed by atoms with Gasteiger partial charge in [0.2, 0.25) is 0 Å².